The van der Waals surface area contributed by atoms with E-state index in [-0.39, 0.29) is 11.6 Å². The number of carbonyl (C=O) groups excluding carboxylic acids is 1. The van der Waals surface area contributed by atoms with Gasteiger partial charge in [0.25, 0.3) is 5.69 Å². The van der Waals surface area contributed by atoms with Gasteiger partial charge in [0.2, 0.25) is 5.91 Å². The van der Waals surface area contributed by atoms with Crippen LogP contribution in [0.25, 0.3) is 5.65 Å². The second kappa shape index (κ2) is 8.33. The Bertz CT molecular complexity index is 1130. The van der Waals surface area contributed by atoms with Gasteiger partial charge in [-0.15, -0.1) is 0 Å². The van der Waals surface area contributed by atoms with Crippen molar-refractivity contribution in [3.8, 4) is 0 Å². The second-order valence-electron chi connectivity index (χ2n) is 7.96. The first-order chi connectivity index (χ1) is 14.8. The van der Waals surface area contributed by atoms with Gasteiger partial charge in [0.05, 0.1) is 10.6 Å². The number of nitro groups is 1. The summed E-state index contributed by atoms with van der Waals surface area (Å²) in [7, 11) is 0. The minimum absolute atomic E-state index is 0.0844. The summed E-state index contributed by atoms with van der Waals surface area (Å²) in [6.45, 7) is 8.66. The number of piperazine rings is 1. The largest absolute Gasteiger partial charge is 0.368 e. The van der Waals surface area contributed by atoms with Crippen molar-refractivity contribution in [3.63, 3.8) is 0 Å². The monoisotopic (exact) mass is 422 g/mol. The summed E-state index contributed by atoms with van der Waals surface area (Å²) in [5, 5.41) is 15.3. The van der Waals surface area contributed by atoms with E-state index in [0.717, 1.165) is 34.0 Å². The number of non-ortho nitro benzene ring substituents is 1. The lowest BCUT2D eigenvalue weighted by Gasteiger charge is -2.36. The van der Waals surface area contributed by atoms with Crippen molar-refractivity contribution in [2.24, 2.45) is 0 Å². The molecular formula is C22H26N6O3. The number of hydrogen-bond acceptors (Lipinski definition) is 6. The Morgan fingerprint density at radius 1 is 1.10 bits per heavy atom. The molecule has 162 valence electrons. The number of rotatable bonds is 5. The van der Waals surface area contributed by atoms with Crippen LogP contribution in [-0.2, 0) is 11.2 Å². The number of nitro benzene ring substituents is 1. The highest BCUT2D eigenvalue weighted by molar-refractivity contribution is 5.77. The highest BCUT2D eigenvalue weighted by atomic mass is 16.6. The Hall–Kier alpha value is -3.49. The van der Waals surface area contributed by atoms with Crippen molar-refractivity contribution >= 4 is 22.9 Å². The van der Waals surface area contributed by atoms with Gasteiger partial charge in [-0.25, -0.2) is 9.50 Å². The number of aryl methyl sites for hydroxylation is 3. The van der Waals surface area contributed by atoms with Crippen molar-refractivity contribution in [2.45, 2.75) is 33.6 Å². The van der Waals surface area contributed by atoms with Crippen LogP contribution >= 0.6 is 0 Å². The number of amides is 1. The molecule has 1 aliphatic rings. The zero-order chi connectivity index (χ0) is 22.1. The summed E-state index contributed by atoms with van der Waals surface area (Å²) in [6, 6.07) is 8.52. The lowest BCUT2D eigenvalue weighted by atomic mass is 10.1. The van der Waals surface area contributed by atoms with E-state index in [9.17, 15) is 14.9 Å². The maximum absolute atomic E-state index is 12.8. The number of nitrogens with zero attached hydrogens (tertiary/aromatic N) is 6. The van der Waals surface area contributed by atoms with Gasteiger partial charge in [0.15, 0.2) is 5.65 Å². The first kappa shape index (κ1) is 20.8. The van der Waals surface area contributed by atoms with E-state index in [0.29, 0.717) is 39.0 Å². The van der Waals surface area contributed by atoms with Crippen molar-refractivity contribution in [1.29, 1.82) is 0 Å². The molecule has 1 amide bonds. The molecule has 31 heavy (non-hydrogen) atoms. The van der Waals surface area contributed by atoms with Crippen LogP contribution in [0, 0.1) is 30.9 Å². The predicted molar refractivity (Wildman–Crippen MR) is 117 cm³/mol. The zero-order valence-electron chi connectivity index (χ0n) is 18.0. The number of hydrogen-bond donors (Lipinski definition) is 0. The van der Waals surface area contributed by atoms with Crippen LogP contribution in [0.5, 0.6) is 0 Å². The SMILES string of the molecule is Cc1cc2nc(C)c(CCC(=O)N3CCN(c4ccc([N+](=O)[O-])cc4)CC3)c(C)n2n1. The third-order valence-corrected chi connectivity index (χ3v) is 5.93. The highest BCUT2D eigenvalue weighted by Gasteiger charge is 2.22. The van der Waals surface area contributed by atoms with Gasteiger partial charge >= 0.3 is 0 Å². The number of carbonyl (C=O) groups is 1. The topological polar surface area (TPSA) is 96.9 Å². The Morgan fingerprint density at radius 2 is 1.77 bits per heavy atom. The summed E-state index contributed by atoms with van der Waals surface area (Å²) in [6.07, 6.45) is 1.08. The molecule has 9 nitrogen and oxygen atoms in total. The third kappa shape index (κ3) is 4.21. The Morgan fingerprint density at radius 3 is 2.42 bits per heavy atom. The van der Waals surface area contributed by atoms with E-state index < -0.39 is 4.92 Å². The van der Waals surface area contributed by atoms with Gasteiger partial charge in [-0.05, 0) is 44.9 Å². The predicted octanol–water partition coefficient (Wildman–Crippen LogP) is 2.84. The Labute approximate surface area is 180 Å². The molecule has 0 unspecified atom stereocenters. The normalized spacial score (nSPS) is 14.3. The number of fused-ring (bicyclic) bond motifs is 1. The highest BCUT2D eigenvalue weighted by Crippen LogP contribution is 2.21. The standard InChI is InChI=1S/C22H26N6O3/c1-15-14-21-23-16(2)20(17(3)27(21)24-15)8-9-22(29)26-12-10-25(11-13-26)18-4-6-19(7-5-18)28(30)31/h4-7,14H,8-13H2,1-3H3. The molecule has 3 heterocycles. The lowest BCUT2D eigenvalue weighted by molar-refractivity contribution is -0.384. The molecule has 0 N–H and O–H groups in total. The van der Waals surface area contributed by atoms with Crippen molar-refractivity contribution in [3.05, 3.63) is 63.1 Å². The van der Waals surface area contributed by atoms with E-state index in [1.807, 2.05) is 36.3 Å². The molecule has 1 aliphatic heterocycles. The molecule has 1 aromatic carbocycles. The number of aromatic nitrogens is 3. The summed E-state index contributed by atoms with van der Waals surface area (Å²) >= 11 is 0. The van der Waals surface area contributed by atoms with Crippen LogP contribution in [0.4, 0.5) is 11.4 Å². The average Bonchev–Trinajstić information content (AvgIpc) is 3.14. The summed E-state index contributed by atoms with van der Waals surface area (Å²) in [5.74, 6) is 0.138. The molecule has 4 rings (SSSR count). The molecule has 0 aliphatic carbocycles. The molecule has 0 bridgehead atoms. The first-order valence-corrected chi connectivity index (χ1v) is 10.4. The second-order valence-corrected chi connectivity index (χ2v) is 7.96. The van der Waals surface area contributed by atoms with E-state index in [1.165, 1.54) is 12.1 Å². The van der Waals surface area contributed by atoms with Gasteiger partial charge in [-0.2, -0.15) is 5.10 Å². The molecule has 0 radical (unpaired) electrons. The molecule has 0 saturated carbocycles. The maximum Gasteiger partial charge on any atom is 0.269 e. The van der Waals surface area contributed by atoms with Crippen LogP contribution in [0.15, 0.2) is 30.3 Å². The van der Waals surface area contributed by atoms with E-state index in [2.05, 4.69) is 15.0 Å². The van der Waals surface area contributed by atoms with E-state index in [4.69, 9.17) is 0 Å². The molecule has 1 fully saturated rings. The molecule has 2 aromatic heterocycles. The molecule has 0 spiro atoms. The van der Waals surface area contributed by atoms with Crippen LogP contribution in [0.2, 0.25) is 0 Å². The summed E-state index contributed by atoms with van der Waals surface area (Å²) < 4.78 is 1.85. The third-order valence-electron chi connectivity index (χ3n) is 5.93. The molecule has 9 heteroatoms. The quantitative estimate of drug-likeness (QED) is 0.463. The van der Waals surface area contributed by atoms with Gasteiger partial charge < -0.3 is 9.80 Å². The van der Waals surface area contributed by atoms with Crippen LogP contribution < -0.4 is 4.90 Å². The van der Waals surface area contributed by atoms with Crippen molar-refractivity contribution in [1.82, 2.24) is 19.5 Å². The molecular weight excluding hydrogens is 396 g/mol. The van der Waals surface area contributed by atoms with Gasteiger partial charge in [0.1, 0.15) is 0 Å². The van der Waals surface area contributed by atoms with Gasteiger partial charge in [-0.3, -0.25) is 14.9 Å². The summed E-state index contributed by atoms with van der Waals surface area (Å²) in [4.78, 5) is 31.9. The fourth-order valence-corrected chi connectivity index (χ4v) is 4.19. The Balaban J connectivity index is 1.35. The number of benzene rings is 1. The molecule has 1 saturated heterocycles. The van der Waals surface area contributed by atoms with Crippen LogP contribution in [-0.4, -0.2) is 56.5 Å². The van der Waals surface area contributed by atoms with Crippen LogP contribution in [0.1, 0.15) is 29.1 Å². The Kier molecular flexibility index (Phi) is 5.58. The van der Waals surface area contributed by atoms with Crippen molar-refractivity contribution < 1.29 is 9.72 Å². The zero-order valence-corrected chi connectivity index (χ0v) is 18.0. The smallest absolute Gasteiger partial charge is 0.269 e. The summed E-state index contributed by atoms with van der Waals surface area (Å²) in [5.41, 5.74) is 5.85. The molecule has 3 aromatic rings. The first-order valence-electron chi connectivity index (χ1n) is 10.4. The van der Waals surface area contributed by atoms with Gasteiger partial charge in [-0.1, -0.05) is 0 Å². The minimum atomic E-state index is -0.398. The fourth-order valence-electron chi connectivity index (χ4n) is 4.19. The maximum atomic E-state index is 12.8. The van der Waals surface area contributed by atoms with Gasteiger partial charge in [0, 0.05) is 67.9 Å². The van der Waals surface area contributed by atoms with Crippen LogP contribution in [0.3, 0.4) is 0 Å². The number of anilines is 1. The van der Waals surface area contributed by atoms with Crippen molar-refractivity contribution in [2.75, 3.05) is 31.1 Å². The molecule has 0 atom stereocenters. The average molecular weight is 422 g/mol. The fraction of sp³-hybridized carbons (Fsp3) is 0.409. The van der Waals surface area contributed by atoms with E-state index in [1.54, 1.807) is 12.1 Å². The lowest BCUT2D eigenvalue weighted by Crippen LogP contribution is -2.48. The van der Waals surface area contributed by atoms with E-state index >= 15 is 0 Å². The minimum Gasteiger partial charge on any atom is -0.368 e.